The lowest BCUT2D eigenvalue weighted by atomic mass is 15.7. The van der Waals surface area contributed by atoms with Crippen LogP contribution < -0.4 is 0 Å². The summed E-state index contributed by atoms with van der Waals surface area (Å²) in [6.07, 6.45) is 0. The van der Waals surface area contributed by atoms with Crippen molar-refractivity contribution in [2.45, 2.75) is 0 Å². The highest BCUT2D eigenvalue weighted by Crippen LogP contribution is 2.45. The van der Waals surface area contributed by atoms with Gasteiger partial charge in [-0.3, -0.25) is 0 Å². The van der Waals surface area contributed by atoms with Gasteiger partial charge in [0.15, 0.2) is 31.5 Å². The van der Waals surface area contributed by atoms with Gasteiger partial charge in [-0.1, -0.05) is 0 Å². The first-order chi connectivity index (χ1) is 3.68. The molecule has 0 spiro atoms. The average molecular weight is 188 g/mol. The Kier molecular flexibility index (Phi) is 4.08. The highest BCUT2D eigenvalue weighted by Gasteiger charge is 2.16. The van der Waals surface area contributed by atoms with Crippen molar-refractivity contribution in [1.82, 2.24) is 0 Å². The zero-order valence-corrected chi connectivity index (χ0v) is 12.0. The van der Waals surface area contributed by atoms with Crippen molar-refractivity contribution >= 4 is 39.3 Å². The van der Waals surface area contributed by atoms with Gasteiger partial charge in [-0.15, -0.1) is 0 Å². The van der Waals surface area contributed by atoms with Gasteiger partial charge in [0.25, 0.3) is 0 Å². The second kappa shape index (κ2) is 3.72. The lowest BCUT2D eigenvalue weighted by molar-refractivity contribution is 0.327. The number of hydrogen-bond donors (Lipinski definition) is 0. The summed E-state index contributed by atoms with van der Waals surface area (Å²) < 4.78 is 24.4. The Labute approximate surface area is 57.1 Å². The summed E-state index contributed by atoms with van der Waals surface area (Å²) in [5.41, 5.74) is 0. The van der Waals surface area contributed by atoms with Gasteiger partial charge in [0.2, 0.25) is 0 Å². The van der Waals surface area contributed by atoms with E-state index in [0.29, 0.717) is 31.5 Å². The Morgan fingerprint density at radius 1 is 1.00 bits per heavy atom. The molecule has 0 aliphatic rings. The maximum atomic E-state index is 10.8. The highest BCUT2D eigenvalue weighted by atomic mass is 31.2. The highest BCUT2D eigenvalue weighted by molar-refractivity contribution is 7.51. The van der Waals surface area contributed by atoms with Crippen molar-refractivity contribution in [2.24, 2.45) is 0 Å². The van der Waals surface area contributed by atoms with E-state index in [9.17, 15) is 4.57 Å². The molecule has 0 aromatic carbocycles. The molecule has 0 N–H and O–H groups in total. The van der Waals surface area contributed by atoms with E-state index in [4.69, 9.17) is 0 Å². The van der Waals surface area contributed by atoms with Crippen molar-refractivity contribution in [1.29, 1.82) is 0 Å². The molecule has 0 unspecified atom stereocenters. The third-order valence-electron chi connectivity index (χ3n) is 0.671. The summed E-state index contributed by atoms with van der Waals surface area (Å²) in [5, 5.41) is 0. The van der Waals surface area contributed by atoms with Crippen LogP contribution in [0, 0.1) is 0 Å². The van der Waals surface area contributed by atoms with Crippen LogP contribution in [0.15, 0.2) is 0 Å². The van der Waals surface area contributed by atoms with Crippen LogP contribution in [0.5, 0.6) is 0 Å². The molecule has 0 radical (unpaired) electrons. The molecule has 0 aromatic rings. The van der Waals surface area contributed by atoms with E-state index in [1.54, 1.807) is 0 Å². The van der Waals surface area contributed by atoms with Crippen LogP contribution in [0.2, 0.25) is 0 Å². The summed E-state index contributed by atoms with van der Waals surface area (Å²) in [5.74, 6) is 0. The smallest absolute Gasteiger partial charge is 0.343 e. The minimum atomic E-state index is -2.98. The fourth-order valence-corrected chi connectivity index (χ4v) is 6.04. The Hall–Kier alpha value is 0.761. The van der Waals surface area contributed by atoms with Gasteiger partial charge in [-0.2, -0.15) is 0 Å². The third-order valence-corrected chi connectivity index (χ3v) is 6.04. The number of hydrogen-bond acceptors (Lipinski definition) is 4. The Balaban J connectivity index is 3.79. The molecular formula is H9O4PSi3. The summed E-state index contributed by atoms with van der Waals surface area (Å²) in [4.78, 5) is 0. The molecule has 0 bridgehead atoms. The van der Waals surface area contributed by atoms with Crippen LogP contribution >= 0.6 is 7.82 Å². The second-order valence-electron chi connectivity index (χ2n) is 0.995. The van der Waals surface area contributed by atoms with Crippen LogP contribution in [0.1, 0.15) is 0 Å². The van der Waals surface area contributed by atoms with Crippen LogP contribution in [0.25, 0.3) is 0 Å². The van der Waals surface area contributed by atoms with Crippen LogP contribution in [0.4, 0.5) is 0 Å². The molecule has 0 aromatic heterocycles. The minimum absolute atomic E-state index is 0.397. The molecule has 8 heteroatoms. The molecule has 50 valence electrons. The predicted octanol–water partition coefficient (Wildman–Crippen LogP) is -3.01. The van der Waals surface area contributed by atoms with E-state index < -0.39 is 7.82 Å². The van der Waals surface area contributed by atoms with Gasteiger partial charge in [-0.05, 0) is 0 Å². The molecule has 0 saturated carbocycles. The van der Waals surface area contributed by atoms with Gasteiger partial charge in [0.1, 0.15) is 0 Å². The summed E-state index contributed by atoms with van der Waals surface area (Å²) in [7, 11) is -1.78. The maximum Gasteiger partial charge on any atom is 0.442 e. The van der Waals surface area contributed by atoms with E-state index in [1.807, 2.05) is 0 Å². The maximum absolute atomic E-state index is 10.8. The van der Waals surface area contributed by atoms with Gasteiger partial charge in [-0.25, -0.2) is 4.57 Å². The van der Waals surface area contributed by atoms with Crippen molar-refractivity contribution in [3.63, 3.8) is 0 Å². The second-order valence-corrected chi connectivity index (χ2v) is 6.27. The lowest BCUT2D eigenvalue weighted by Crippen LogP contribution is -1.92. The van der Waals surface area contributed by atoms with Crippen molar-refractivity contribution < 1.29 is 17.2 Å². The average Bonchev–Trinajstić information content (AvgIpc) is 1.87. The van der Waals surface area contributed by atoms with E-state index in [0.717, 1.165) is 0 Å². The van der Waals surface area contributed by atoms with Crippen LogP contribution in [0.3, 0.4) is 0 Å². The Bertz CT molecular complexity index is 82.4. The molecule has 0 heterocycles. The monoisotopic (exact) mass is 188 g/mol. The molecule has 0 rings (SSSR count). The van der Waals surface area contributed by atoms with Gasteiger partial charge in [0, 0.05) is 0 Å². The van der Waals surface area contributed by atoms with Crippen molar-refractivity contribution in [3.05, 3.63) is 0 Å². The molecule has 8 heavy (non-hydrogen) atoms. The molecule has 0 atom stereocenters. The lowest BCUT2D eigenvalue weighted by Gasteiger charge is -2.10. The first-order valence-electron chi connectivity index (χ1n) is 1.96. The topological polar surface area (TPSA) is 44.8 Å². The van der Waals surface area contributed by atoms with Crippen molar-refractivity contribution in [2.75, 3.05) is 0 Å². The SMILES string of the molecule is O=P(O[SiH3])(O[SiH3])O[SiH3]. The Morgan fingerprint density at radius 2 is 1.25 bits per heavy atom. The fraction of sp³-hybridized carbons (Fsp3) is 0. The molecular weight excluding hydrogens is 179 g/mol. The minimum Gasteiger partial charge on any atom is -0.343 e. The van der Waals surface area contributed by atoms with Crippen molar-refractivity contribution in [3.8, 4) is 0 Å². The number of rotatable bonds is 3. The van der Waals surface area contributed by atoms with Crippen LogP contribution in [-0.2, 0) is 17.2 Å². The Morgan fingerprint density at radius 3 is 1.25 bits per heavy atom. The van der Waals surface area contributed by atoms with E-state index in [-0.39, 0.29) is 0 Å². The van der Waals surface area contributed by atoms with Gasteiger partial charge in [0.05, 0.1) is 0 Å². The molecule has 0 saturated heterocycles. The molecule has 4 nitrogen and oxygen atoms in total. The van der Waals surface area contributed by atoms with E-state index >= 15 is 0 Å². The van der Waals surface area contributed by atoms with Gasteiger partial charge >= 0.3 is 7.82 Å². The quantitative estimate of drug-likeness (QED) is 0.349. The standard InChI is InChI=1S/H9O4PSi3/c1-5(2-6,3-7)4-8/h6-8H3. The molecule has 0 aliphatic heterocycles. The molecule has 0 fully saturated rings. The molecule has 0 aliphatic carbocycles. The van der Waals surface area contributed by atoms with E-state index in [2.05, 4.69) is 12.6 Å². The van der Waals surface area contributed by atoms with Gasteiger partial charge < -0.3 is 12.6 Å². The molecule has 0 amide bonds. The normalized spacial score (nSPS) is 19.0. The zero-order chi connectivity index (χ0) is 6.62. The third kappa shape index (κ3) is 2.35. The van der Waals surface area contributed by atoms with E-state index in [1.165, 1.54) is 0 Å². The van der Waals surface area contributed by atoms with Crippen LogP contribution in [-0.4, -0.2) is 31.5 Å². The first-order valence-corrected chi connectivity index (χ1v) is 5.87. The summed E-state index contributed by atoms with van der Waals surface area (Å²) >= 11 is 0. The first kappa shape index (κ1) is 8.76. The summed E-state index contributed by atoms with van der Waals surface area (Å²) in [6.45, 7) is 0. The number of phosphoric acid groups is 1. The zero-order valence-electron chi connectivity index (χ0n) is 5.08. The largest absolute Gasteiger partial charge is 0.442 e. The summed E-state index contributed by atoms with van der Waals surface area (Å²) in [6, 6.07) is 0. The fourth-order valence-electron chi connectivity index (χ4n) is 0.224. The predicted molar refractivity (Wildman–Crippen MR) is 40.7 cm³/mol.